The van der Waals surface area contributed by atoms with Gasteiger partial charge >= 0.3 is 0 Å². The summed E-state index contributed by atoms with van der Waals surface area (Å²) < 4.78 is 5.58. The molecule has 0 amide bonds. The zero-order valence-corrected chi connectivity index (χ0v) is 9.69. The number of hydrogen-bond donors (Lipinski definition) is 1. The first-order chi connectivity index (χ1) is 7.67. The van der Waals surface area contributed by atoms with Crippen LogP contribution < -0.4 is 4.74 Å². The summed E-state index contributed by atoms with van der Waals surface area (Å²) in [4.78, 5) is 0. The molecule has 0 saturated carbocycles. The second-order valence-electron chi connectivity index (χ2n) is 3.37. The Bertz CT molecular complexity index is 441. The topological polar surface area (TPSA) is 41.8 Å². The van der Waals surface area contributed by atoms with Gasteiger partial charge in [-0.05, 0) is 32.9 Å². The van der Waals surface area contributed by atoms with E-state index in [1.807, 2.05) is 31.2 Å². The fourth-order valence-corrected chi connectivity index (χ4v) is 1.29. The van der Waals surface area contributed by atoms with Crippen LogP contribution in [0.1, 0.15) is 26.3 Å². The van der Waals surface area contributed by atoms with Gasteiger partial charge in [0.15, 0.2) is 6.10 Å². The van der Waals surface area contributed by atoms with Crippen molar-refractivity contribution >= 4 is 5.71 Å². The van der Waals surface area contributed by atoms with Crippen molar-refractivity contribution in [2.75, 3.05) is 0 Å². The molecule has 0 aliphatic heterocycles. The average Bonchev–Trinajstić information content (AvgIpc) is 2.28. The molecule has 1 N–H and O–H groups in total. The zero-order valence-electron chi connectivity index (χ0n) is 9.69. The molecule has 0 aliphatic carbocycles. The van der Waals surface area contributed by atoms with Crippen molar-refractivity contribution in [2.24, 2.45) is 5.16 Å². The van der Waals surface area contributed by atoms with Crippen molar-refractivity contribution in [3.05, 3.63) is 29.8 Å². The van der Waals surface area contributed by atoms with E-state index in [1.54, 1.807) is 13.8 Å². The van der Waals surface area contributed by atoms with Crippen LogP contribution in [0, 0.1) is 11.8 Å². The molecule has 1 aromatic rings. The highest BCUT2D eigenvalue weighted by atomic mass is 16.5. The lowest BCUT2D eigenvalue weighted by Crippen LogP contribution is -2.09. The molecule has 1 atom stereocenters. The Balaban J connectivity index is 2.85. The number of hydrogen-bond acceptors (Lipinski definition) is 3. The Hall–Kier alpha value is -1.95. The van der Waals surface area contributed by atoms with Crippen LogP contribution >= 0.6 is 0 Å². The molecule has 0 radical (unpaired) electrons. The number of nitrogens with zero attached hydrogens (tertiary/aromatic N) is 1. The minimum atomic E-state index is -0.147. The van der Waals surface area contributed by atoms with E-state index >= 15 is 0 Å². The van der Waals surface area contributed by atoms with Gasteiger partial charge in [0.25, 0.3) is 0 Å². The largest absolute Gasteiger partial charge is 0.478 e. The lowest BCUT2D eigenvalue weighted by molar-refractivity contribution is 0.279. The van der Waals surface area contributed by atoms with E-state index < -0.39 is 0 Å². The summed E-state index contributed by atoms with van der Waals surface area (Å²) >= 11 is 0. The van der Waals surface area contributed by atoms with Crippen LogP contribution in [0.2, 0.25) is 0 Å². The molecule has 0 aromatic heterocycles. The van der Waals surface area contributed by atoms with Gasteiger partial charge in [-0.25, -0.2) is 0 Å². The first-order valence-corrected chi connectivity index (χ1v) is 5.05. The molecule has 0 aliphatic rings. The van der Waals surface area contributed by atoms with Crippen LogP contribution in [0.15, 0.2) is 29.4 Å². The van der Waals surface area contributed by atoms with Gasteiger partial charge in [-0.3, -0.25) is 0 Å². The van der Waals surface area contributed by atoms with Gasteiger partial charge in [-0.1, -0.05) is 23.2 Å². The second kappa shape index (κ2) is 5.82. The lowest BCUT2D eigenvalue weighted by atomic mass is 10.1. The summed E-state index contributed by atoms with van der Waals surface area (Å²) in [5.41, 5.74) is 1.39. The molecule has 84 valence electrons. The van der Waals surface area contributed by atoms with Gasteiger partial charge in [-0.2, -0.15) is 0 Å². The zero-order chi connectivity index (χ0) is 12.0. The van der Waals surface area contributed by atoms with Gasteiger partial charge in [0.2, 0.25) is 0 Å². The Morgan fingerprint density at radius 1 is 1.50 bits per heavy atom. The van der Waals surface area contributed by atoms with Crippen LogP contribution in [-0.4, -0.2) is 17.0 Å². The van der Waals surface area contributed by atoms with E-state index in [0.29, 0.717) is 5.71 Å². The smallest absolute Gasteiger partial charge is 0.156 e. The van der Waals surface area contributed by atoms with Crippen molar-refractivity contribution in [1.29, 1.82) is 0 Å². The molecule has 1 unspecified atom stereocenters. The number of ether oxygens (including phenoxy) is 1. The highest BCUT2D eigenvalue weighted by Crippen LogP contribution is 2.15. The number of oxime groups is 1. The van der Waals surface area contributed by atoms with Gasteiger partial charge in [0.1, 0.15) is 5.75 Å². The maximum atomic E-state index is 8.67. The summed E-state index contributed by atoms with van der Waals surface area (Å²) in [5, 5.41) is 11.8. The molecular weight excluding hydrogens is 202 g/mol. The maximum Gasteiger partial charge on any atom is 0.156 e. The van der Waals surface area contributed by atoms with Crippen LogP contribution in [0.5, 0.6) is 5.75 Å². The molecule has 1 rings (SSSR count). The molecule has 0 spiro atoms. The predicted octanol–water partition coefficient (Wildman–Crippen LogP) is 2.68. The number of rotatable bonds is 3. The van der Waals surface area contributed by atoms with Crippen LogP contribution in [-0.2, 0) is 0 Å². The van der Waals surface area contributed by atoms with E-state index in [-0.39, 0.29) is 6.10 Å². The van der Waals surface area contributed by atoms with E-state index in [1.165, 1.54) is 0 Å². The maximum absolute atomic E-state index is 8.67. The van der Waals surface area contributed by atoms with Gasteiger partial charge in [0.05, 0.1) is 5.71 Å². The average molecular weight is 217 g/mol. The Labute approximate surface area is 95.7 Å². The van der Waals surface area contributed by atoms with E-state index in [4.69, 9.17) is 9.94 Å². The summed E-state index contributed by atoms with van der Waals surface area (Å²) in [6.07, 6.45) is -0.147. The summed E-state index contributed by atoms with van der Waals surface area (Å²) in [6.45, 7) is 5.39. The normalized spacial score (nSPS) is 12.6. The standard InChI is InChI=1S/C13H15NO2/c1-4-6-10(2)16-13-8-5-7-12(9-13)11(3)14-15/h5,7-10,15H,1-3H3/b14-11+. The SMILES string of the molecule is CC#CC(C)Oc1cccc(/C(C)=N/O)c1. The molecule has 16 heavy (non-hydrogen) atoms. The van der Waals surface area contributed by atoms with Crippen molar-refractivity contribution in [3.63, 3.8) is 0 Å². The van der Waals surface area contributed by atoms with Crippen molar-refractivity contribution in [3.8, 4) is 17.6 Å². The minimum absolute atomic E-state index is 0.147. The van der Waals surface area contributed by atoms with Crippen LogP contribution in [0.3, 0.4) is 0 Å². The molecule has 0 fully saturated rings. The second-order valence-corrected chi connectivity index (χ2v) is 3.37. The molecule has 3 nitrogen and oxygen atoms in total. The Morgan fingerprint density at radius 3 is 2.88 bits per heavy atom. The first kappa shape index (κ1) is 12.1. The molecular formula is C13H15NO2. The summed E-state index contributed by atoms with van der Waals surface area (Å²) in [7, 11) is 0. The highest BCUT2D eigenvalue weighted by molar-refractivity contribution is 5.98. The van der Waals surface area contributed by atoms with E-state index in [9.17, 15) is 0 Å². The third kappa shape index (κ3) is 3.32. The van der Waals surface area contributed by atoms with Gasteiger partial charge in [0, 0.05) is 5.56 Å². The van der Waals surface area contributed by atoms with Gasteiger partial charge < -0.3 is 9.94 Å². The van der Waals surface area contributed by atoms with Crippen molar-refractivity contribution in [2.45, 2.75) is 26.9 Å². The van der Waals surface area contributed by atoms with Gasteiger partial charge in [-0.15, -0.1) is 5.92 Å². The van der Waals surface area contributed by atoms with Crippen LogP contribution in [0.25, 0.3) is 0 Å². The molecule has 1 aromatic carbocycles. The molecule has 0 bridgehead atoms. The molecule has 3 heteroatoms. The molecule has 0 saturated heterocycles. The third-order valence-electron chi connectivity index (χ3n) is 2.06. The fraction of sp³-hybridized carbons (Fsp3) is 0.308. The van der Waals surface area contributed by atoms with Crippen LogP contribution in [0.4, 0.5) is 0 Å². The Morgan fingerprint density at radius 2 is 2.25 bits per heavy atom. The predicted molar refractivity (Wildman–Crippen MR) is 64.0 cm³/mol. The first-order valence-electron chi connectivity index (χ1n) is 5.05. The summed E-state index contributed by atoms with van der Waals surface area (Å²) in [5.74, 6) is 6.42. The monoisotopic (exact) mass is 217 g/mol. The highest BCUT2D eigenvalue weighted by Gasteiger charge is 2.03. The minimum Gasteiger partial charge on any atom is -0.478 e. The number of benzene rings is 1. The van der Waals surface area contributed by atoms with E-state index in [0.717, 1.165) is 11.3 Å². The Kier molecular flexibility index (Phi) is 4.41. The van der Waals surface area contributed by atoms with Crippen molar-refractivity contribution < 1.29 is 9.94 Å². The quantitative estimate of drug-likeness (QED) is 0.366. The summed E-state index contributed by atoms with van der Waals surface area (Å²) in [6, 6.07) is 7.38. The molecule has 0 heterocycles. The third-order valence-corrected chi connectivity index (χ3v) is 2.06. The fourth-order valence-electron chi connectivity index (χ4n) is 1.29. The van der Waals surface area contributed by atoms with E-state index in [2.05, 4.69) is 17.0 Å². The van der Waals surface area contributed by atoms with Crippen molar-refractivity contribution in [1.82, 2.24) is 0 Å². The lowest BCUT2D eigenvalue weighted by Gasteiger charge is -2.09.